The molecule has 0 radical (unpaired) electrons. The maximum absolute atomic E-state index is 11.1. The Kier molecular flexibility index (Phi) is 3.17. The van der Waals surface area contributed by atoms with Gasteiger partial charge in [0, 0.05) is 49.0 Å². The van der Waals surface area contributed by atoms with Crippen molar-refractivity contribution in [2.24, 2.45) is 0 Å². The van der Waals surface area contributed by atoms with Crippen LogP contribution >= 0.6 is 0 Å². The van der Waals surface area contributed by atoms with E-state index in [2.05, 4.69) is 21.8 Å². The van der Waals surface area contributed by atoms with Gasteiger partial charge in [0.1, 0.15) is 0 Å². The van der Waals surface area contributed by atoms with Crippen LogP contribution in [0.5, 0.6) is 0 Å². The van der Waals surface area contributed by atoms with Gasteiger partial charge in [-0.05, 0) is 19.2 Å². The fraction of sp³-hybridized carbons (Fsp3) is 0.333. The molecule has 1 fully saturated rings. The molecule has 2 heterocycles. The van der Waals surface area contributed by atoms with Crippen LogP contribution in [0.15, 0.2) is 30.5 Å². The first-order chi connectivity index (χ1) is 9.29. The first-order valence-corrected chi connectivity index (χ1v) is 6.56. The second kappa shape index (κ2) is 4.97. The van der Waals surface area contributed by atoms with Crippen LogP contribution in [0.1, 0.15) is 10.4 Å². The molecule has 1 saturated heterocycles. The minimum atomic E-state index is 0.661. The van der Waals surface area contributed by atoms with Crippen molar-refractivity contribution < 1.29 is 4.79 Å². The second-order valence-electron chi connectivity index (χ2n) is 4.98. The van der Waals surface area contributed by atoms with Gasteiger partial charge in [-0.3, -0.25) is 9.78 Å². The number of likely N-dealkylation sites (N-methyl/N-ethyl adjacent to an activating group) is 1. The first-order valence-electron chi connectivity index (χ1n) is 6.56. The lowest BCUT2D eigenvalue weighted by Gasteiger charge is -2.34. The Labute approximate surface area is 112 Å². The summed E-state index contributed by atoms with van der Waals surface area (Å²) in [6, 6.07) is 7.83. The number of pyridine rings is 1. The number of aldehydes is 1. The molecule has 2 aromatic rings. The number of aromatic nitrogens is 1. The monoisotopic (exact) mass is 255 g/mol. The van der Waals surface area contributed by atoms with Gasteiger partial charge >= 0.3 is 0 Å². The Morgan fingerprint density at radius 1 is 1.16 bits per heavy atom. The number of nitrogens with zero attached hydrogens (tertiary/aromatic N) is 3. The standard InChI is InChI=1S/C15H17N3O/c1-17-7-9-18(10-8-17)14-5-6-16-15-12(11-19)3-2-4-13(14)15/h2-6,11H,7-10H2,1H3. The largest absolute Gasteiger partial charge is 0.368 e. The fourth-order valence-corrected chi connectivity index (χ4v) is 2.60. The number of rotatable bonds is 2. The maximum Gasteiger partial charge on any atom is 0.152 e. The average molecular weight is 255 g/mol. The topological polar surface area (TPSA) is 36.4 Å². The molecule has 19 heavy (non-hydrogen) atoms. The zero-order chi connectivity index (χ0) is 13.2. The van der Waals surface area contributed by atoms with E-state index < -0.39 is 0 Å². The maximum atomic E-state index is 11.1. The summed E-state index contributed by atoms with van der Waals surface area (Å²) in [5.74, 6) is 0. The van der Waals surface area contributed by atoms with Crippen LogP contribution in [0.25, 0.3) is 10.9 Å². The number of carbonyl (C=O) groups excluding carboxylic acids is 1. The second-order valence-corrected chi connectivity index (χ2v) is 4.98. The smallest absolute Gasteiger partial charge is 0.152 e. The average Bonchev–Trinajstić information content (AvgIpc) is 2.47. The number of para-hydroxylation sites is 1. The van der Waals surface area contributed by atoms with Crippen LogP contribution in [0.4, 0.5) is 5.69 Å². The summed E-state index contributed by atoms with van der Waals surface area (Å²) >= 11 is 0. The molecule has 98 valence electrons. The summed E-state index contributed by atoms with van der Waals surface area (Å²) < 4.78 is 0. The van der Waals surface area contributed by atoms with Crippen molar-refractivity contribution in [3.8, 4) is 0 Å². The number of benzene rings is 1. The van der Waals surface area contributed by atoms with Gasteiger partial charge in [0.25, 0.3) is 0 Å². The third-order valence-corrected chi connectivity index (χ3v) is 3.75. The molecule has 0 atom stereocenters. The summed E-state index contributed by atoms with van der Waals surface area (Å²) in [7, 11) is 2.15. The van der Waals surface area contributed by atoms with E-state index in [-0.39, 0.29) is 0 Å². The molecule has 0 N–H and O–H groups in total. The van der Waals surface area contributed by atoms with Gasteiger partial charge in [-0.25, -0.2) is 0 Å². The van der Waals surface area contributed by atoms with Crippen LogP contribution in [0, 0.1) is 0 Å². The molecule has 1 aromatic heterocycles. The van der Waals surface area contributed by atoms with E-state index >= 15 is 0 Å². The normalized spacial score (nSPS) is 16.8. The van der Waals surface area contributed by atoms with Gasteiger partial charge in [-0.2, -0.15) is 0 Å². The highest BCUT2D eigenvalue weighted by atomic mass is 16.1. The van der Waals surface area contributed by atoms with Crippen molar-refractivity contribution in [1.82, 2.24) is 9.88 Å². The highest BCUT2D eigenvalue weighted by Crippen LogP contribution is 2.27. The van der Waals surface area contributed by atoms with Crippen LogP contribution in [0.2, 0.25) is 0 Å². The lowest BCUT2D eigenvalue weighted by atomic mass is 10.1. The lowest BCUT2D eigenvalue weighted by Crippen LogP contribution is -2.44. The molecule has 1 aliphatic rings. The molecule has 1 aromatic carbocycles. The van der Waals surface area contributed by atoms with E-state index in [9.17, 15) is 4.79 Å². The predicted octanol–water partition coefficient (Wildman–Crippen LogP) is 1.80. The van der Waals surface area contributed by atoms with Crippen molar-refractivity contribution in [2.75, 3.05) is 38.1 Å². The molecule has 4 nitrogen and oxygen atoms in total. The highest BCUT2D eigenvalue weighted by molar-refractivity contribution is 6.01. The lowest BCUT2D eigenvalue weighted by molar-refractivity contribution is 0.112. The molecule has 0 unspecified atom stereocenters. The SMILES string of the molecule is CN1CCN(c2ccnc3c(C=O)cccc23)CC1. The zero-order valence-electron chi connectivity index (χ0n) is 11.0. The molecular weight excluding hydrogens is 238 g/mol. The summed E-state index contributed by atoms with van der Waals surface area (Å²) in [5.41, 5.74) is 2.64. The third-order valence-electron chi connectivity index (χ3n) is 3.75. The number of piperazine rings is 1. The van der Waals surface area contributed by atoms with Gasteiger partial charge in [-0.1, -0.05) is 12.1 Å². The van der Waals surface area contributed by atoms with Crippen LogP contribution < -0.4 is 4.90 Å². The highest BCUT2D eigenvalue weighted by Gasteiger charge is 2.16. The van der Waals surface area contributed by atoms with Gasteiger partial charge in [-0.15, -0.1) is 0 Å². The van der Waals surface area contributed by atoms with E-state index in [1.54, 1.807) is 6.20 Å². The molecule has 0 saturated carbocycles. The molecule has 3 rings (SSSR count). The van der Waals surface area contributed by atoms with Crippen LogP contribution in [-0.4, -0.2) is 49.4 Å². The van der Waals surface area contributed by atoms with E-state index in [0.717, 1.165) is 43.4 Å². The Bertz CT molecular complexity index is 603. The number of anilines is 1. The van der Waals surface area contributed by atoms with Crippen molar-refractivity contribution in [2.45, 2.75) is 0 Å². The number of fused-ring (bicyclic) bond motifs is 1. The minimum Gasteiger partial charge on any atom is -0.368 e. The Morgan fingerprint density at radius 2 is 1.95 bits per heavy atom. The quantitative estimate of drug-likeness (QED) is 0.767. The Hall–Kier alpha value is -1.94. The van der Waals surface area contributed by atoms with Crippen LogP contribution in [-0.2, 0) is 0 Å². The van der Waals surface area contributed by atoms with Crippen LogP contribution in [0.3, 0.4) is 0 Å². The van der Waals surface area contributed by atoms with E-state index in [1.165, 1.54) is 5.69 Å². The number of hydrogen-bond donors (Lipinski definition) is 0. The summed E-state index contributed by atoms with van der Waals surface area (Å²) in [4.78, 5) is 20.1. The molecule has 0 aliphatic carbocycles. The summed E-state index contributed by atoms with van der Waals surface area (Å²) in [6.45, 7) is 4.16. The first kappa shape index (κ1) is 12.1. The van der Waals surface area contributed by atoms with Gasteiger partial charge in [0.05, 0.1) is 5.52 Å². The van der Waals surface area contributed by atoms with Crippen molar-refractivity contribution in [3.63, 3.8) is 0 Å². The van der Waals surface area contributed by atoms with E-state index in [0.29, 0.717) is 5.56 Å². The van der Waals surface area contributed by atoms with Crippen molar-refractivity contribution in [3.05, 3.63) is 36.0 Å². The van der Waals surface area contributed by atoms with E-state index in [4.69, 9.17) is 0 Å². The molecule has 0 amide bonds. The summed E-state index contributed by atoms with van der Waals surface area (Å²) in [6.07, 6.45) is 2.67. The zero-order valence-corrected chi connectivity index (χ0v) is 11.0. The fourth-order valence-electron chi connectivity index (χ4n) is 2.60. The van der Waals surface area contributed by atoms with Crippen molar-refractivity contribution >= 4 is 22.9 Å². The summed E-state index contributed by atoms with van der Waals surface area (Å²) in [5, 5.41) is 1.07. The Morgan fingerprint density at radius 3 is 2.68 bits per heavy atom. The van der Waals surface area contributed by atoms with Gasteiger partial charge in [0.2, 0.25) is 0 Å². The predicted molar refractivity (Wildman–Crippen MR) is 76.8 cm³/mol. The minimum absolute atomic E-state index is 0.661. The van der Waals surface area contributed by atoms with Gasteiger partial charge < -0.3 is 9.80 Å². The molecule has 0 bridgehead atoms. The molecular formula is C15H17N3O. The van der Waals surface area contributed by atoms with Crippen molar-refractivity contribution in [1.29, 1.82) is 0 Å². The molecule has 1 aliphatic heterocycles. The number of hydrogen-bond acceptors (Lipinski definition) is 4. The van der Waals surface area contributed by atoms with Gasteiger partial charge in [0.15, 0.2) is 6.29 Å². The molecule has 4 heteroatoms. The Balaban J connectivity index is 2.06. The third kappa shape index (κ3) is 2.19. The van der Waals surface area contributed by atoms with E-state index in [1.807, 2.05) is 24.3 Å². The molecule has 0 spiro atoms. The number of carbonyl (C=O) groups is 1.